The van der Waals surface area contributed by atoms with Gasteiger partial charge in [-0.2, -0.15) is 0 Å². The molecular formula is C21H26FN3O4S. The highest BCUT2D eigenvalue weighted by Gasteiger charge is 2.23. The van der Waals surface area contributed by atoms with Crippen LogP contribution in [0.3, 0.4) is 0 Å². The summed E-state index contributed by atoms with van der Waals surface area (Å²) >= 11 is 0. The van der Waals surface area contributed by atoms with Crippen LogP contribution in [0.15, 0.2) is 35.2 Å². The Bertz CT molecular complexity index is 1060. The number of carbonyl (C=O) groups excluding carboxylic acids is 1. The molecule has 1 N–H and O–H groups in total. The fourth-order valence-corrected chi connectivity index (χ4v) is 4.49. The lowest BCUT2D eigenvalue weighted by Crippen LogP contribution is -2.36. The Hall–Kier alpha value is -2.49. The van der Waals surface area contributed by atoms with Gasteiger partial charge in [0.25, 0.3) is 5.91 Å². The number of amides is 1. The average molecular weight is 436 g/mol. The third-order valence-corrected chi connectivity index (χ3v) is 7.14. The highest BCUT2D eigenvalue weighted by atomic mass is 32.2. The van der Waals surface area contributed by atoms with Crippen LogP contribution < -0.4 is 10.2 Å². The van der Waals surface area contributed by atoms with E-state index in [1.807, 2.05) is 4.90 Å². The summed E-state index contributed by atoms with van der Waals surface area (Å²) in [6.07, 6.45) is 0. The van der Waals surface area contributed by atoms with Crippen LogP contribution in [-0.4, -0.2) is 59.0 Å². The molecule has 2 aromatic carbocycles. The molecule has 1 aliphatic heterocycles. The molecule has 2 aromatic rings. The number of sulfonamides is 1. The van der Waals surface area contributed by atoms with Gasteiger partial charge in [-0.25, -0.2) is 17.1 Å². The van der Waals surface area contributed by atoms with Crippen molar-refractivity contribution in [2.75, 3.05) is 50.6 Å². The van der Waals surface area contributed by atoms with Crippen LogP contribution in [0.2, 0.25) is 0 Å². The standard InChI is InChI=1S/C21H26FN3O4S/c1-14-11-16(12-20(15(14)2)30(27,28)24(3)4)21(26)23-17-5-6-19(18(22)13-17)25-7-9-29-10-8-25/h5-6,11-13H,7-10H2,1-4H3,(H,23,26). The van der Waals surface area contributed by atoms with Crippen LogP contribution in [0, 0.1) is 19.7 Å². The summed E-state index contributed by atoms with van der Waals surface area (Å²) in [5.41, 5.74) is 2.21. The van der Waals surface area contributed by atoms with E-state index >= 15 is 0 Å². The Balaban J connectivity index is 1.86. The van der Waals surface area contributed by atoms with Gasteiger partial charge in [0.1, 0.15) is 5.82 Å². The van der Waals surface area contributed by atoms with Gasteiger partial charge >= 0.3 is 0 Å². The highest BCUT2D eigenvalue weighted by molar-refractivity contribution is 7.89. The molecule has 1 aliphatic rings. The molecule has 3 rings (SSSR count). The number of benzene rings is 2. The number of hydrogen-bond donors (Lipinski definition) is 1. The van der Waals surface area contributed by atoms with Crippen molar-refractivity contribution < 1.29 is 22.3 Å². The van der Waals surface area contributed by atoms with Crippen LogP contribution >= 0.6 is 0 Å². The monoisotopic (exact) mass is 435 g/mol. The summed E-state index contributed by atoms with van der Waals surface area (Å²) in [5, 5.41) is 2.65. The second-order valence-corrected chi connectivity index (χ2v) is 9.54. The molecule has 1 heterocycles. The lowest BCUT2D eigenvalue weighted by atomic mass is 10.1. The van der Waals surface area contributed by atoms with Crippen molar-refractivity contribution in [3.63, 3.8) is 0 Å². The normalized spacial score (nSPS) is 14.8. The summed E-state index contributed by atoms with van der Waals surface area (Å²) < 4.78 is 46.2. The van der Waals surface area contributed by atoms with E-state index in [0.29, 0.717) is 48.8 Å². The second kappa shape index (κ2) is 8.71. The Morgan fingerprint density at radius 2 is 1.80 bits per heavy atom. The topological polar surface area (TPSA) is 79.0 Å². The van der Waals surface area contributed by atoms with E-state index in [4.69, 9.17) is 4.74 Å². The molecule has 0 unspecified atom stereocenters. The van der Waals surface area contributed by atoms with Crippen molar-refractivity contribution in [2.24, 2.45) is 0 Å². The number of aryl methyl sites for hydroxylation is 1. The van der Waals surface area contributed by atoms with Gasteiger partial charge in [-0.05, 0) is 55.3 Å². The molecular weight excluding hydrogens is 409 g/mol. The van der Waals surface area contributed by atoms with E-state index in [1.165, 1.54) is 26.2 Å². The fraction of sp³-hybridized carbons (Fsp3) is 0.381. The zero-order chi connectivity index (χ0) is 22.1. The number of nitrogens with one attached hydrogen (secondary N) is 1. The van der Waals surface area contributed by atoms with E-state index in [-0.39, 0.29) is 10.5 Å². The Morgan fingerprint density at radius 1 is 1.13 bits per heavy atom. The first-order valence-corrected chi connectivity index (χ1v) is 11.0. The minimum atomic E-state index is -3.71. The highest BCUT2D eigenvalue weighted by Crippen LogP contribution is 2.26. The van der Waals surface area contributed by atoms with Gasteiger partial charge < -0.3 is 15.0 Å². The molecule has 7 nitrogen and oxygen atoms in total. The van der Waals surface area contributed by atoms with Crippen LogP contribution in [0.1, 0.15) is 21.5 Å². The van der Waals surface area contributed by atoms with Crippen molar-refractivity contribution in [2.45, 2.75) is 18.7 Å². The quantitative estimate of drug-likeness (QED) is 0.781. The molecule has 162 valence electrons. The fourth-order valence-electron chi connectivity index (χ4n) is 3.27. The van der Waals surface area contributed by atoms with Gasteiger partial charge in [-0.3, -0.25) is 4.79 Å². The molecule has 0 radical (unpaired) electrons. The third-order valence-electron chi connectivity index (χ3n) is 5.20. The molecule has 9 heteroatoms. The second-order valence-electron chi connectivity index (χ2n) is 7.42. The minimum Gasteiger partial charge on any atom is -0.378 e. The molecule has 0 atom stereocenters. The zero-order valence-electron chi connectivity index (χ0n) is 17.5. The number of halogens is 1. The largest absolute Gasteiger partial charge is 0.378 e. The van der Waals surface area contributed by atoms with E-state index in [0.717, 1.165) is 4.31 Å². The van der Waals surface area contributed by atoms with E-state index in [2.05, 4.69) is 5.32 Å². The van der Waals surface area contributed by atoms with Gasteiger partial charge in [0.2, 0.25) is 10.0 Å². The van der Waals surface area contributed by atoms with E-state index < -0.39 is 21.7 Å². The number of ether oxygens (including phenoxy) is 1. The number of nitrogens with zero attached hydrogens (tertiary/aromatic N) is 2. The smallest absolute Gasteiger partial charge is 0.255 e. The minimum absolute atomic E-state index is 0.0755. The van der Waals surface area contributed by atoms with Crippen LogP contribution in [0.5, 0.6) is 0 Å². The van der Waals surface area contributed by atoms with Crippen molar-refractivity contribution >= 4 is 27.3 Å². The molecule has 1 fully saturated rings. The molecule has 0 aliphatic carbocycles. The maximum Gasteiger partial charge on any atom is 0.255 e. The molecule has 1 saturated heterocycles. The third kappa shape index (κ3) is 4.48. The van der Waals surface area contributed by atoms with E-state index in [9.17, 15) is 17.6 Å². The Labute approximate surface area is 176 Å². The van der Waals surface area contributed by atoms with Crippen LogP contribution in [-0.2, 0) is 14.8 Å². The summed E-state index contributed by atoms with van der Waals surface area (Å²) in [4.78, 5) is 14.7. The van der Waals surface area contributed by atoms with Gasteiger partial charge in [0.05, 0.1) is 23.8 Å². The van der Waals surface area contributed by atoms with Gasteiger partial charge in [0, 0.05) is 38.4 Å². The number of rotatable bonds is 5. The maximum absolute atomic E-state index is 14.6. The summed E-state index contributed by atoms with van der Waals surface area (Å²) in [5.74, 6) is -0.947. The average Bonchev–Trinajstić information content (AvgIpc) is 2.70. The number of hydrogen-bond acceptors (Lipinski definition) is 5. The molecule has 0 aromatic heterocycles. The number of morpholine rings is 1. The van der Waals surface area contributed by atoms with Crippen molar-refractivity contribution in [1.82, 2.24) is 4.31 Å². The summed E-state index contributed by atoms with van der Waals surface area (Å²) in [6, 6.07) is 7.49. The van der Waals surface area contributed by atoms with Crippen LogP contribution in [0.25, 0.3) is 0 Å². The SMILES string of the molecule is Cc1cc(C(=O)Nc2ccc(N3CCOCC3)c(F)c2)cc(S(=O)(=O)N(C)C)c1C. The lowest BCUT2D eigenvalue weighted by molar-refractivity contribution is 0.102. The van der Waals surface area contributed by atoms with Gasteiger partial charge in [-0.1, -0.05) is 0 Å². The first-order valence-electron chi connectivity index (χ1n) is 9.58. The number of anilines is 2. The molecule has 0 spiro atoms. The molecule has 1 amide bonds. The summed E-state index contributed by atoms with van der Waals surface area (Å²) in [6.45, 7) is 5.75. The van der Waals surface area contributed by atoms with Crippen molar-refractivity contribution in [3.05, 3.63) is 52.8 Å². The zero-order valence-corrected chi connectivity index (χ0v) is 18.3. The van der Waals surface area contributed by atoms with Gasteiger partial charge in [0.15, 0.2) is 0 Å². The molecule has 0 bridgehead atoms. The first-order chi connectivity index (χ1) is 14.1. The van der Waals surface area contributed by atoms with Crippen molar-refractivity contribution in [1.29, 1.82) is 0 Å². The Kier molecular flexibility index (Phi) is 6.44. The molecule has 0 saturated carbocycles. The maximum atomic E-state index is 14.6. The predicted octanol–water partition coefficient (Wildman–Crippen LogP) is 2.78. The van der Waals surface area contributed by atoms with Crippen molar-refractivity contribution in [3.8, 4) is 0 Å². The predicted molar refractivity (Wildman–Crippen MR) is 114 cm³/mol. The summed E-state index contributed by atoms with van der Waals surface area (Å²) in [7, 11) is -0.826. The van der Waals surface area contributed by atoms with Crippen LogP contribution in [0.4, 0.5) is 15.8 Å². The lowest BCUT2D eigenvalue weighted by Gasteiger charge is -2.29. The van der Waals surface area contributed by atoms with Gasteiger partial charge in [-0.15, -0.1) is 0 Å². The number of carbonyl (C=O) groups is 1. The Morgan fingerprint density at radius 3 is 2.40 bits per heavy atom. The first kappa shape index (κ1) is 22.2. The van der Waals surface area contributed by atoms with E-state index in [1.54, 1.807) is 32.0 Å². The molecule has 30 heavy (non-hydrogen) atoms.